The minimum absolute atomic E-state index is 0.0298. The van der Waals surface area contributed by atoms with Gasteiger partial charge in [-0.2, -0.15) is 0 Å². The average molecular weight is 475 g/mol. The van der Waals surface area contributed by atoms with Gasteiger partial charge in [0, 0.05) is 5.56 Å². The van der Waals surface area contributed by atoms with Crippen molar-refractivity contribution in [2.75, 3.05) is 11.5 Å². The zero-order valence-electron chi connectivity index (χ0n) is 19.0. The molecule has 9 heteroatoms. The van der Waals surface area contributed by atoms with Crippen LogP contribution in [0.25, 0.3) is 16.8 Å². The number of amides is 1. The molecule has 0 aliphatic carbocycles. The first kappa shape index (κ1) is 22.4. The third-order valence-corrected chi connectivity index (χ3v) is 5.61. The highest BCUT2D eigenvalue weighted by atomic mass is 19.1. The van der Waals surface area contributed by atoms with Crippen LogP contribution in [0.3, 0.4) is 0 Å². The van der Waals surface area contributed by atoms with Crippen LogP contribution in [0.4, 0.5) is 10.3 Å². The van der Waals surface area contributed by atoms with E-state index in [1.54, 1.807) is 36.4 Å². The Morgan fingerprint density at radius 3 is 2.77 bits per heavy atom. The van der Waals surface area contributed by atoms with Gasteiger partial charge in [-0.15, -0.1) is 0 Å². The summed E-state index contributed by atoms with van der Waals surface area (Å²) in [6.07, 6.45) is 1.41. The summed E-state index contributed by atoms with van der Waals surface area (Å²) in [6, 6.07) is 12.7. The minimum Gasteiger partial charge on any atom is -0.507 e. The summed E-state index contributed by atoms with van der Waals surface area (Å²) in [5.41, 5.74) is 0.927. The Balaban J connectivity index is 1.63. The second-order valence-corrected chi connectivity index (χ2v) is 8.64. The summed E-state index contributed by atoms with van der Waals surface area (Å²) in [5.74, 6) is -1.54. The molecule has 4 aromatic rings. The molecule has 1 atom stereocenters. The highest BCUT2D eigenvalue weighted by molar-refractivity contribution is 6.51. The van der Waals surface area contributed by atoms with Crippen molar-refractivity contribution in [3.8, 4) is 5.75 Å². The molecule has 8 nitrogen and oxygen atoms in total. The van der Waals surface area contributed by atoms with Crippen molar-refractivity contribution < 1.29 is 28.2 Å². The first-order valence-electron chi connectivity index (χ1n) is 11.1. The molecule has 0 radical (unpaired) electrons. The molecular formula is C26H22FN3O5. The van der Waals surface area contributed by atoms with Gasteiger partial charge < -0.3 is 19.2 Å². The number of hydrogen-bond acceptors (Lipinski definition) is 6. The maximum atomic E-state index is 13.7. The van der Waals surface area contributed by atoms with Gasteiger partial charge in [0.15, 0.2) is 0 Å². The van der Waals surface area contributed by atoms with Crippen LogP contribution in [0.5, 0.6) is 5.75 Å². The van der Waals surface area contributed by atoms with Crippen molar-refractivity contribution in [3.05, 3.63) is 83.6 Å². The number of imidazole rings is 1. The van der Waals surface area contributed by atoms with E-state index >= 15 is 0 Å². The standard InChI is InChI=1S/C26H22FN3O5/c1-14(2)13-35-17-6-3-5-15(11-17)23(31)21-22(20-7-4-10-34-20)30(25(33)24(21)32)26-28-18-9-8-16(27)12-19(18)29-26/h3-12,14,22,31H,13H2,1-2H3,(H,28,29)/b23-21+. The van der Waals surface area contributed by atoms with E-state index in [0.717, 1.165) is 4.90 Å². The lowest BCUT2D eigenvalue weighted by atomic mass is 9.99. The Morgan fingerprint density at radius 2 is 2.03 bits per heavy atom. The Kier molecular flexibility index (Phi) is 5.60. The molecule has 1 fully saturated rings. The summed E-state index contributed by atoms with van der Waals surface area (Å²) in [4.78, 5) is 34.7. The van der Waals surface area contributed by atoms with Crippen LogP contribution in [0, 0.1) is 11.7 Å². The number of fused-ring (bicyclic) bond motifs is 1. The number of carbonyl (C=O) groups excluding carboxylic acids is 2. The van der Waals surface area contributed by atoms with Crippen LogP contribution in [-0.2, 0) is 9.59 Å². The predicted octanol–water partition coefficient (Wildman–Crippen LogP) is 4.96. The fourth-order valence-electron chi connectivity index (χ4n) is 4.00. The van der Waals surface area contributed by atoms with Gasteiger partial charge >= 0.3 is 5.91 Å². The number of halogens is 1. The number of H-pyrrole nitrogens is 1. The second-order valence-electron chi connectivity index (χ2n) is 8.64. The molecule has 2 aromatic heterocycles. The van der Waals surface area contributed by atoms with Crippen LogP contribution in [0.15, 0.2) is 70.9 Å². The molecule has 1 amide bonds. The Bertz CT molecular complexity index is 1450. The lowest BCUT2D eigenvalue weighted by Gasteiger charge is -2.20. The van der Waals surface area contributed by atoms with Crippen LogP contribution in [-0.4, -0.2) is 33.4 Å². The number of nitrogens with zero attached hydrogens (tertiary/aromatic N) is 2. The van der Waals surface area contributed by atoms with Crippen molar-refractivity contribution in [3.63, 3.8) is 0 Å². The maximum Gasteiger partial charge on any atom is 0.302 e. The summed E-state index contributed by atoms with van der Waals surface area (Å²) in [5, 5.41) is 11.2. The lowest BCUT2D eigenvalue weighted by molar-refractivity contribution is -0.132. The topological polar surface area (TPSA) is 109 Å². The van der Waals surface area contributed by atoms with Crippen LogP contribution in [0.2, 0.25) is 0 Å². The number of aliphatic hydroxyl groups excluding tert-OH is 1. The Labute approximate surface area is 199 Å². The number of aromatic amines is 1. The number of ether oxygens (including phenoxy) is 1. The van der Waals surface area contributed by atoms with E-state index < -0.39 is 23.5 Å². The third kappa shape index (κ3) is 4.05. The first-order chi connectivity index (χ1) is 16.8. The number of carbonyl (C=O) groups is 2. The molecule has 0 saturated carbocycles. The molecule has 178 valence electrons. The molecule has 1 unspecified atom stereocenters. The Hall–Kier alpha value is -4.40. The first-order valence-corrected chi connectivity index (χ1v) is 11.1. The van der Waals surface area contributed by atoms with Crippen molar-refractivity contribution in [1.29, 1.82) is 0 Å². The molecule has 1 saturated heterocycles. The molecule has 5 rings (SSSR count). The minimum atomic E-state index is -1.09. The van der Waals surface area contributed by atoms with Gasteiger partial charge in [0.25, 0.3) is 5.78 Å². The second kappa shape index (κ2) is 8.75. The molecule has 1 aliphatic heterocycles. The van der Waals surface area contributed by atoms with E-state index in [2.05, 4.69) is 9.97 Å². The molecule has 1 aliphatic rings. The smallest absolute Gasteiger partial charge is 0.302 e. The zero-order chi connectivity index (χ0) is 24.7. The number of Topliss-reactive ketones (excluding diaryl/α,β-unsaturated/α-hetero) is 1. The number of rotatable bonds is 6. The number of furan rings is 1. The molecule has 2 N–H and O–H groups in total. The van der Waals surface area contributed by atoms with E-state index in [1.807, 2.05) is 13.8 Å². The Morgan fingerprint density at radius 1 is 1.20 bits per heavy atom. The fraction of sp³-hybridized carbons (Fsp3) is 0.192. The monoisotopic (exact) mass is 475 g/mol. The summed E-state index contributed by atoms with van der Waals surface area (Å²) in [6.45, 7) is 4.51. The van der Waals surface area contributed by atoms with Crippen LogP contribution < -0.4 is 9.64 Å². The summed E-state index contributed by atoms with van der Waals surface area (Å²) in [7, 11) is 0. The van der Waals surface area contributed by atoms with Gasteiger partial charge in [0.05, 0.1) is 29.5 Å². The van der Waals surface area contributed by atoms with Gasteiger partial charge in [-0.25, -0.2) is 9.37 Å². The van der Waals surface area contributed by atoms with Crippen molar-refractivity contribution in [2.24, 2.45) is 5.92 Å². The fourth-order valence-corrected chi connectivity index (χ4v) is 4.00. The number of benzene rings is 2. The maximum absolute atomic E-state index is 13.7. The van der Waals surface area contributed by atoms with Gasteiger partial charge in [0.1, 0.15) is 29.1 Å². The number of nitrogens with one attached hydrogen (secondary N) is 1. The van der Waals surface area contributed by atoms with Gasteiger partial charge in [-0.3, -0.25) is 14.5 Å². The molecule has 3 heterocycles. The van der Waals surface area contributed by atoms with Gasteiger partial charge in [0.2, 0.25) is 5.95 Å². The van der Waals surface area contributed by atoms with E-state index in [4.69, 9.17) is 9.15 Å². The van der Waals surface area contributed by atoms with Crippen molar-refractivity contribution >= 4 is 34.4 Å². The molecule has 0 bridgehead atoms. The van der Waals surface area contributed by atoms with E-state index in [0.29, 0.717) is 34.9 Å². The SMILES string of the molecule is CC(C)COc1cccc(/C(O)=C2\C(=O)C(=O)N(c3nc4ccc(F)cc4[nH]3)C2c2ccco2)c1. The van der Waals surface area contributed by atoms with Crippen LogP contribution >= 0.6 is 0 Å². The van der Waals surface area contributed by atoms with E-state index in [9.17, 15) is 19.1 Å². The van der Waals surface area contributed by atoms with Gasteiger partial charge in [-0.1, -0.05) is 26.0 Å². The highest BCUT2D eigenvalue weighted by Crippen LogP contribution is 2.42. The number of ketones is 1. The van der Waals surface area contributed by atoms with Crippen molar-refractivity contribution in [1.82, 2.24) is 9.97 Å². The molecule has 2 aromatic carbocycles. The summed E-state index contributed by atoms with van der Waals surface area (Å²) >= 11 is 0. The number of aliphatic hydroxyl groups is 1. The zero-order valence-corrected chi connectivity index (χ0v) is 19.0. The number of aromatic nitrogens is 2. The highest BCUT2D eigenvalue weighted by Gasteiger charge is 2.49. The quantitative estimate of drug-likeness (QED) is 0.232. The molecule has 35 heavy (non-hydrogen) atoms. The number of hydrogen-bond donors (Lipinski definition) is 2. The van der Waals surface area contributed by atoms with Crippen molar-refractivity contribution in [2.45, 2.75) is 19.9 Å². The largest absolute Gasteiger partial charge is 0.507 e. The van der Waals surface area contributed by atoms with Gasteiger partial charge in [-0.05, 0) is 48.4 Å². The van der Waals surface area contributed by atoms with E-state index in [-0.39, 0.29) is 23.0 Å². The lowest BCUT2D eigenvalue weighted by Crippen LogP contribution is -2.30. The average Bonchev–Trinajstić information content (AvgIpc) is 3.56. The molecule has 0 spiro atoms. The normalized spacial score (nSPS) is 17.6. The molecular weight excluding hydrogens is 453 g/mol. The number of anilines is 1. The predicted molar refractivity (Wildman–Crippen MR) is 126 cm³/mol. The third-order valence-electron chi connectivity index (χ3n) is 5.61. The van der Waals surface area contributed by atoms with E-state index in [1.165, 1.54) is 24.5 Å². The van der Waals surface area contributed by atoms with Crippen LogP contribution in [0.1, 0.15) is 31.2 Å². The summed E-state index contributed by atoms with van der Waals surface area (Å²) < 4.78 is 25.0.